The van der Waals surface area contributed by atoms with Crippen LogP contribution in [0.1, 0.15) is 116 Å². The average molecular weight is 787 g/mol. The number of aryl methyl sites for hydroxylation is 1. The minimum absolute atomic E-state index is 0.00208. The van der Waals surface area contributed by atoms with Gasteiger partial charge in [0.1, 0.15) is 13.2 Å². The van der Waals surface area contributed by atoms with Crippen molar-refractivity contribution in [1.29, 1.82) is 0 Å². The molecular weight excluding hydrogens is 727 g/mol. The molecule has 58 heavy (non-hydrogen) atoms. The molecule has 9 rings (SSSR count). The van der Waals surface area contributed by atoms with Gasteiger partial charge in [0, 0.05) is 43.2 Å². The van der Waals surface area contributed by atoms with E-state index in [1.54, 1.807) is 0 Å². The van der Waals surface area contributed by atoms with Crippen LogP contribution in [0.5, 0.6) is 11.5 Å². The monoisotopic (exact) mass is 786 g/mol. The molecule has 6 heteroatoms. The van der Waals surface area contributed by atoms with Gasteiger partial charge in [-0.1, -0.05) is 113 Å². The number of hydrogen-bond donors (Lipinski definition) is 0. The zero-order valence-electron chi connectivity index (χ0n) is 37.1. The molecule has 0 bridgehead atoms. The molecule has 4 heterocycles. The first-order chi connectivity index (χ1) is 27.1. The molecule has 0 fully saturated rings. The van der Waals surface area contributed by atoms with Crippen LogP contribution >= 0.6 is 11.3 Å². The maximum atomic E-state index is 6.45. The number of rotatable bonds is 2. The third-order valence-electron chi connectivity index (χ3n) is 12.7. The van der Waals surface area contributed by atoms with E-state index < -0.39 is 0 Å². The number of fused-ring (bicyclic) bond motifs is 7. The number of thiophene rings is 1. The topological polar surface area (TPSA) is 24.9 Å². The molecule has 1 aromatic heterocycles. The lowest BCUT2D eigenvalue weighted by atomic mass is 9.36. The molecule has 3 aliphatic rings. The van der Waals surface area contributed by atoms with E-state index in [0.29, 0.717) is 13.2 Å². The minimum Gasteiger partial charge on any atom is -0.486 e. The van der Waals surface area contributed by atoms with Gasteiger partial charge in [-0.2, -0.15) is 0 Å². The zero-order chi connectivity index (χ0) is 41.4. The average Bonchev–Trinajstić information content (AvgIpc) is 3.52. The lowest BCUT2D eigenvalue weighted by Gasteiger charge is -2.45. The second-order valence-corrected chi connectivity index (χ2v) is 22.2. The summed E-state index contributed by atoms with van der Waals surface area (Å²) in [6.07, 6.45) is 0. The van der Waals surface area contributed by atoms with Crippen LogP contribution in [0.25, 0.3) is 10.1 Å². The van der Waals surface area contributed by atoms with Gasteiger partial charge in [0.2, 0.25) is 0 Å². The lowest BCUT2D eigenvalue weighted by molar-refractivity contribution is 0.170. The van der Waals surface area contributed by atoms with E-state index in [0.717, 1.165) is 17.1 Å². The van der Waals surface area contributed by atoms with Crippen molar-refractivity contribution < 1.29 is 9.47 Å². The Morgan fingerprint density at radius 1 is 0.552 bits per heavy atom. The number of hydrogen-bond acceptors (Lipinski definition) is 5. The van der Waals surface area contributed by atoms with E-state index in [2.05, 4.69) is 186 Å². The molecule has 3 aliphatic heterocycles. The van der Waals surface area contributed by atoms with Gasteiger partial charge in [0.05, 0.1) is 11.4 Å². The fourth-order valence-corrected chi connectivity index (χ4v) is 10.6. The van der Waals surface area contributed by atoms with E-state index in [1.807, 2.05) is 11.3 Å². The molecule has 0 radical (unpaired) electrons. The fraction of sp³-hybridized carbons (Fsp3) is 0.385. The molecule has 0 spiro atoms. The van der Waals surface area contributed by atoms with Crippen molar-refractivity contribution in [2.45, 2.75) is 119 Å². The zero-order valence-corrected chi connectivity index (χ0v) is 37.9. The van der Waals surface area contributed by atoms with E-state index in [1.165, 1.54) is 87.7 Å². The highest BCUT2D eigenvalue weighted by Gasteiger charge is 2.47. The SMILES string of the molecule is Cc1cc2c(c(C)c1N1c3cc(C(C)(C)C)cc4c3B(c3cc(C(C)(C)C)ccc3N4c3ccc(C(C)(C)C)cc3)c3sc4ccc(C(C)(C)C)cc4c31)OCCO2. The summed E-state index contributed by atoms with van der Waals surface area (Å²) in [5.74, 6) is 1.69. The molecule has 4 nitrogen and oxygen atoms in total. The Morgan fingerprint density at radius 2 is 1.12 bits per heavy atom. The van der Waals surface area contributed by atoms with Crippen molar-refractivity contribution >= 4 is 78.0 Å². The highest BCUT2D eigenvalue weighted by molar-refractivity contribution is 7.33. The summed E-state index contributed by atoms with van der Waals surface area (Å²) in [6.45, 7) is 33.5. The summed E-state index contributed by atoms with van der Waals surface area (Å²) in [5.41, 5.74) is 17.7. The minimum atomic E-state index is -0.113. The van der Waals surface area contributed by atoms with Gasteiger partial charge in [-0.05, 0) is 123 Å². The van der Waals surface area contributed by atoms with Gasteiger partial charge >= 0.3 is 0 Å². The Balaban J connectivity index is 1.45. The summed E-state index contributed by atoms with van der Waals surface area (Å²) < 4.78 is 15.4. The first-order valence-corrected chi connectivity index (χ1v) is 21.9. The van der Waals surface area contributed by atoms with Crippen molar-refractivity contribution in [2.75, 3.05) is 23.0 Å². The molecule has 0 aliphatic carbocycles. The van der Waals surface area contributed by atoms with E-state index in [4.69, 9.17) is 9.47 Å². The predicted octanol–water partition coefficient (Wildman–Crippen LogP) is 12.6. The molecule has 6 aromatic rings. The summed E-state index contributed by atoms with van der Waals surface area (Å²) in [5, 5.41) is 1.31. The summed E-state index contributed by atoms with van der Waals surface area (Å²) in [6, 6.07) is 31.1. The molecule has 5 aromatic carbocycles. The third kappa shape index (κ3) is 6.07. The molecule has 0 amide bonds. The molecule has 298 valence electrons. The van der Waals surface area contributed by atoms with Gasteiger partial charge in [0.15, 0.2) is 11.5 Å². The molecule has 0 unspecified atom stereocenters. The van der Waals surface area contributed by atoms with Gasteiger partial charge in [-0.15, -0.1) is 11.3 Å². The van der Waals surface area contributed by atoms with Crippen LogP contribution in [0.4, 0.5) is 34.1 Å². The van der Waals surface area contributed by atoms with Crippen molar-refractivity contribution in [2.24, 2.45) is 0 Å². The van der Waals surface area contributed by atoms with Crippen molar-refractivity contribution in [3.05, 3.63) is 112 Å². The second-order valence-electron chi connectivity index (χ2n) is 21.1. The normalized spacial score (nSPS) is 15.1. The number of benzene rings is 5. The highest BCUT2D eigenvalue weighted by Crippen LogP contribution is 2.53. The van der Waals surface area contributed by atoms with Crippen LogP contribution in [0.3, 0.4) is 0 Å². The molecule has 0 N–H and O–H groups in total. The molecule has 0 atom stereocenters. The number of nitrogens with zero attached hydrogens (tertiary/aromatic N) is 2. The lowest BCUT2D eigenvalue weighted by Crippen LogP contribution is -2.60. The van der Waals surface area contributed by atoms with E-state index in [9.17, 15) is 0 Å². The van der Waals surface area contributed by atoms with Gasteiger partial charge in [-0.25, -0.2) is 0 Å². The second kappa shape index (κ2) is 12.9. The van der Waals surface area contributed by atoms with E-state index in [-0.39, 0.29) is 28.4 Å². The summed E-state index contributed by atoms with van der Waals surface area (Å²) in [4.78, 5) is 5.20. The van der Waals surface area contributed by atoms with Crippen LogP contribution in [0.15, 0.2) is 78.9 Å². The van der Waals surface area contributed by atoms with Crippen molar-refractivity contribution in [3.63, 3.8) is 0 Å². The maximum Gasteiger partial charge on any atom is 0.264 e. The van der Waals surface area contributed by atoms with Crippen LogP contribution < -0.4 is 35.0 Å². The van der Waals surface area contributed by atoms with Gasteiger partial charge in [-0.3, -0.25) is 0 Å². The van der Waals surface area contributed by atoms with Crippen LogP contribution in [0, 0.1) is 13.8 Å². The molecule has 0 saturated carbocycles. The van der Waals surface area contributed by atoms with E-state index >= 15 is 0 Å². The number of ether oxygens (including phenoxy) is 2. The molecular formula is C52H59BN2O2S. The predicted molar refractivity (Wildman–Crippen MR) is 251 cm³/mol. The van der Waals surface area contributed by atoms with Crippen molar-refractivity contribution in [1.82, 2.24) is 0 Å². The Labute approximate surface area is 351 Å². The summed E-state index contributed by atoms with van der Waals surface area (Å²) in [7, 11) is 0. The Kier molecular flexibility index (Phi) is 8.64. The van der Waals surface area contributed by atoms with Crippen LogP contribution in [-0.4, -0.2) is 19.9 Å². The molecule has 0 saturated heterocycles. The Bertz CT molecular complexity index is 2640. The smallest absolute Gasteiger partial charge is 0.264 e. The highest BCUT2D eigenvalue weighted by atomic mass is 32.1. The quantitative estimate of drug-likeness (QED) is 0.163. The fourth-order valence-electron chi connectivity index (χ4n) is 9.32. The maximum absolute atomic E-state index is 6.45. The first kappa shape index (κ1) is 38.8. The largest absolute Gasteiger partial charge is 0.486 e. The summed E-state index contributed by atoms with van der Waals surface area (Å²) >= 11 is 1.97. The van der Waals surface area contributed by atoms with Crippen LogP contribution in [0.2, 0.25) is 0 Å². The standard InChI is InChI=1S/C52H59BN2O2S/c1-30-25-42-47(57-24-23-56-42)31(2)45(30)55-41-29-35(52(12,13)14)28-40-44(41)53(48-46(55)37-26-33(50(6,7)8)18-22-43(37)58-48)38-27-34(51(9,10)11)17-21-39(38)54(40)36-19-15-32(16-20-36)49(3,4)5/h15-22,25-29H,23-24H2,1-14H3. The Hall–Kier alpha value is -4.68. The Morgan fingerprint density at radius 3 is 1.76 bits per heavy atom. The first-order valence-electron chi connectivity index (χ1n) is 21.1. The van der Waals surface area contributed by atoms with Crippen LogP contribution in [-0.2, 0) is 21.7 Å². The van der Waals surface area contributed by atoms with Gasteiger partial charge < -0.3 is 19.3 Å². The van der Waals surface area contributed by atoms with Crippen molar-refractivity contribution in [3.8, 4) is 11.5 Å². The number of anilines is 6. The third-order valence-corrected chi connectivity index (χ3v) is 13.9. The van der Waals surface area contributed by atoms with Gasteiger partial charge in [0.25, 0.3) is 6.71 Å².